The van der Waals surface area contributed by atoms with E-state index in [0.717, 1.165) is 3.57 Å². The monoisotopic (exact) mass is 360 g/mol. The lowest BCUT2D eigenvalue weighted by Gasteiger charge is -2.34. The minimum Gasteiger partial charge on any atom is -0.399 e. The number of nitrogens with two attached hydrogens (primary N) is 1. The molecule has 1 fully saturated rings. The van der Waals surface area contributed by atoms with Crippen LogP contribution in [0.4, 0.5) is 5.69 Å². The van der Waals surface area contributed by atoms with Gasteiger partial charge in [0.25, 0.3) is 5.91 Å². The lowest BCUT2D eigenvalue weighted by Crippen LogP contribution is -2.45. The Morgan fingerprint density at radius 3 is 2.83 bits per heavy atom. The second-order valence-corrected chi connectivity index (χ2v) is 6.10. The van der Waals surface area contributed by atoms with Gasteiger partial charge in [-0.25, -0.2) is 0 Å². The largest absolute Gasteiger partial charge is 0.399 e. The molecule has 1 amide bonds. The minimum absolute atomic E-state index is 0.000957. The van der Waals surface area contributed by atoms with Crippen molar-refractivity contribution < 1.29 is 9.90 Å². The van der Waals surface area contributed by atoms with Gasteiger partial charge in [0.1, 0.15) is 0 Å². The molecule has 4 nitrogen and oxygen atoms in total. The summed E-state index contributed by atoms with van der Waals surface area (Å²) in [5.74, 6) is 0.127. The molecule has 1 aromatic carbocycles. The molecule has 2 rings (SSSR count). The van der Waals surface area contributed by atoms with Gasteiger partial charge >= 0.3 is 0 Å². The van der Waals surface area contributed by atoms with E-state index in [1.54, 1.807) is 11.0 Å². The van der Waals surface area contributed by atoms with Gasteiger partial charge in [-0.05, 0) is 53.1 Å². The Bertz CT molecular complexity index is 444. The summed E-state index contributed by atoms with van der Waals surface area (Å²) < 4.78 is 0.959. The van der Waals surface area contributed by atoms with Gasteiger partial charge in [-0.15, -0.1) is 0 Å². The van der Waals surface area contributed by atoms with Crippen LogP contribution in [0.5, 0.6) is 0 Å². The van der Waals surface area contributed by atoms with Crippen LogP contribution in [0.15, 0.2) is 18.2 Å². The van der Waals surface area contributed by atoms with Crippen molar-refractivity contribution in [3.05, 3.63) is 27.3 Å². The van der Waals surface area contributed by atoms with E-state index >= 15 is 0 Å². The first-order chi connectivity index (χ1) is 8.47. The number of likely N-dealkylation sites (tertiary alicyclic amines) is 1. The normalized spacial score (nSPS) is 24.1. The summed E-state index contributed by atoms with van der Waals surface area (Å²) in [5, 5.41) is 9.68. The third kappa shape index (κ3) is 2.95. The number of hydrogen-bond acceptors (Lipinski definition) is 3. The van der Waals surface area contributed by atoms with Crippen molar-refractivity contribution in [1.82, 2.24) is 4.90 Å². The van der Waals surface area contributed by atoms with Crippen LogP contribution >= 0.6 is 22.6 Å². The Hall–Kier alpha value is -0.820. The van der Waals surface area contributed by atoms with E-state index in [4.69, 9.17) is 5.73 Å². The number of rotatable bonds is 1. The van der Waals surface area contributed by atoms with Gasteiger partial charge in [-0.2, -0.15) is 0 Å². The molecule has 98 valence electrons. The van der Waals surface area contributed by atoms with E-state index in [0.29, 0.717) is 30.8 Å². The maximum absolute atomic E-state index is 12.3. The van der Waals surface area contributed by atoms with Gasteiger partial charge in [-0.3, -0.25) is 4.79 Å². The third-order valence-electron chi connectivity index (χ3n) is 3.31. The lowest BCUT2D eigenvalue weighted by atomic mass is 9.96. The number of nitrogens with zero attached hydrogens (tertiary/aromatic N) is 1. The molecule has 18 heavy (non-hydrogen) atoms. The Morgan fingerprint density at radius 2 is 2.22 bits per heavy atom. The molecule has 1 aromatic rings. The fraction of sp³-hybridized carbons (Fsp3) is 0.462. The van der Waals surface area contributed by atoms with Gasteiger partial charge in [-0.1, -0.05) is 6.92 Å². The fourth-order valence-electron chi connectivity index (χ4n) is 2.24. The fourth-order valence-corrected chi connectivity index (χ4v) is 2.93. The molecule has 0 aliphatic carbocycles. The summed E-state index contributed by atoms with van der Waals surface area (Å²) in [7, 11) is 0. The average molecular weight is 360 g/mol. The van der Waals surface area contributed by atoms with Gasteiger partial charge < -0.3 is 15.7 Å². The standard InChI is InChI=1S/C13H17IN2O2/c1-8-7-16(3-2-12(8)17)13(18)9-4-10(14)6-11(15)5-9/h4-6,8,12,17H,2-3,7,15H2,1H3. The average Bonchev–Trinajstić information content (AvgIpc) is 2.30. The predicted octanol–water partition coefficient (Wildman–Crippen LogP) is 1.72. The highest BCUT2D eigenvalue weighted by atomic mass is 127. The van der Waals surface area contributed by atoms with Crippen LogP contribution in [0.25, 0.3) is 0 Å². The van der Waals surface area contributed by atoms with Crippen molar-refractivity contribution >= 4 is 34.2 Å². The van der Waals surface area contributed by atoms with Crippen LogP contribution in [0.2, 0.25) is 0 Å². The Morgan fingerprint density at radius 1 is 1.50 bits per heavy atom. The van der Waals surface area contributed by atoms with E-state index in [9.17, 15) is 9.90 Å². The molecule has 1 saturated heterocycles. The quantitative estimate of drug-likeness (QED) is 0.592. The number of carbonyl (C=O) groups excluding carboxylic acids is 1. The number of aliphatic hydroxyl groups is 1. The zero-order chi connectivity index (χ0) is 13.3. The SMILES string of the molecule is CC1CN(C(=O)c2cc(N)cc(I)c2)CCC1O. The second kappa shape index (κ2) is 5.44. The predicted molar refractivity (Wildman–Crippen MR) is 79.3 cm³/mol. The highest BCUT2D eigenvalue weighted by molar-refractivity contribution is 14.1. The molecule has 0 aromatic heterocycles. The van der Waals surface area contributed by atoms with Gasteiger partial charge in [0.15, 0.2) is 0 Å². The number of anilines is 1. The van der Waals surface area contributed by atoms with Crippen LogP contribution in [0.3, 0.4) is 0 Å². The molecule has 5 heteroatoms. The number of nitrogen functional groups attached to an aromatic ring is 1. The number of amides is 1. The van der Waals surface area contributed by atoms with Crippen LogP contribution in [-0.4, -0.2) is 35.1 Å². The Kier molecular flexibility index (Phi) is 4.11. The van der Waals surface area contributed by atoms with Crippen molar-refractivity contribution in [2.45, 2.75) is 19.4 Å². The highest BCUT2D eigenvalue weighted by Gasteiger charge is 2.27. The Labute approximate surface area is 120 Å². The van der Waals surface area contributed by atoms with Crippen LogP contribution in [-0.2, 0) is 0 Å². The van der Waals surface area contributed by atoms with E-state index in [-0.39, 0.29) is 17.9 Å². The molecule has 0 saturated carbocycles. The van der Waals surface area contributed by atoms with Gasteiger partial charge in [0, 0.05) is 27.9 Å². The van der Waals surface area contributed by atoms with Gasteiger partial charge in [0.2, 0.25) is 0 Å². The van der Waals surface area contributed by atoms with Crippen LogP contribution in [0.1, 0.15) is 23.7 Å². The first kappa shape index (κ1) is 13.6. The smallest absolute Gasteiger partial charge is 0.253 e. The maximum atomic E-state index is 12.3. The molecular formula is C13H17IN2O2. The van der Waals surface area contributed by atoms with E-state index in [2.05, 4.69) is 22.6 Å². The second-order valence-electron chi connectivity index (χ2n) is 4.86. The third-order valence-corrected chi connectivity index (χ3v) is 3.94. The van der Waals surface area contributed by atoms with Crippen LogP contribution < -0.4 is 5.73 Å². The summed E-state index contributed by atoms with van der Waals surface area (Å²) in [5.41, 5.74) is 7.00. The zero-order valence-corrected chi connectivity index (χ0v) is 12.4. The number of aliphatic hydroxyl groups excluding tert-OH is 1. The Balaban J connectivity index is 2.16. The number of halogens is 1. The maximum Gasteiger partial charge on any atom is 0.253 e. The molecule has 1 aliphatic heterocycles. The van der Waals surface area contributed by atoms with Gasteiger partial charge in [0.05, 0.1) is 6.10 Å². The summed E-state index contributed by atoms with van der Waals surface area (Å²) in [6.07, 6.45) is 0.349. The molecule has 0 radical (unpaired) electrons. The molecule has 1 heterocycles. The first-order valence-corrected chi connectivity index (χ1v) is 7.08. The minimum atomic E-state index is -0.296. The molecule has 0 bridgehead atoms. The van der Waals surface area contributed by atoms with Crippen molar-refractivity contribution in [3.63, 3.8) is 0 Å². The number of piperidine rings is 1. The number of benzene rings is 1. The topological polar surface area (TPSA) is 66.6 Å². The van der Waals surface area contributed by atoms with Crippen molar-refractivity contribution in [3.8, 4) is 0 Å². The van der Waals surface area contributed by atoms with Crippen molar-refractivity contribution in [1.29, 1.82) is 0 Å². The molecule has 2 unspecified atom stereocenters. The molecular weight excluding hydrogens is 343 g/mol. The summed E-state index contributed by atoms with van der Waals surface area (Å²) in [4.78, 5) is 14.1. The first-order valence-electron chi connectivity index (χ1n) is 6.01. The molecule has 1 aliphatic rings. The van der Waals surface area contributed by atoms with Crippen molar-refractivity contribution in [2.75, 3.05) is 18.8 Å². The highest BCUT2D eigenvalue weighted by Crippen LogP contribution is 2.21. The van der Waals surface area contributed by atoms with Crippen molar-refractivity contribution in [2.24, 2.45) is 5.92 Å². The van der Waals surface area contributed by atoms with E-state index in [1.165, 1.54) is 0 Å². The zero-order valence-electron chi connectivity index (χ0n) is 10.3. The number of carbonyl (C=O) groups is 1. The van der Waals surface area contributed by atoms with E-state index < -0.39 is 0 Å². The number of hydrogen-bond donors (Lipinski definition) is 2. The lowest BCUT2D eigenvalue weighted by molar-refractivity contribution is 0.0297. The van der Waals surface area contributed by atoms with Crippen LogP contribution in [0, 0.1) is 9.49 Å². The summed E-state index contributed by atoms with van der Waals surface area (Å²) >= 11 is 2.15. The molecule has 2 atom stereocenters. The van der Waals surface area contributed by atoms with E-state index in [1.807, 2.05) is 19.1 Å². The molecule has 3 N–H and O–H groups in total. The summed E-state index contributed by atoms with van der Waals surface area (Å²) in [6.45, 7) is 3.17. The summed E-state index contributed by atoms with van der Waals surface area (Å²) in [6, 6.07) is 5.38. The molecule has 0 spiro atoms.